The first-order valence-electron chi connectivity index (χ1n) is 8.09. The van der Waals surface area contributed by atoms with Crippen molar-refractivity contribution in [3.05, 3.63) is 51.8 Å². The molecule has 0 fully saturated rings. The second kappa shape index (κ2) is 7.57. The molecule has 2 N–H and O–H groups in total. The lowest BCUT2D eigenvalue weighted by Crippen LogP contribution is -2.42. The molecular weight excluding hydrogens is 344 g/mol. The molecule has 2 amide bonds. The number of aromatic amines is 1. The van der Waals surface area contributed by atoms with Crippen LogP contribution >= 0.6 is 11.6 Å². The highest BCUT2D eigenvalue weighted by Gasteiger charge is 2.28. The summed E-state index contributed by atoms with van der Waals surface area (Å²) >= 11 is 5.85. The van der Waals surface area contributed by atoms with E-state index in [2.05, 4.69) is 15.5 Å². The van der Waals surface area contributed by atoms with E-state index in [0.717, 1.165) is 16.8 Å². The highest BCUT2D eigenvalue weighted by atomic mass is 35.5. The number of esters is 1. The second-order valence-electron chi connectivity index (χ2n) is 5.71. The van der Waals surface area contributed by atoms with Gasteiger partial charge in [-0.15, -0.1) is 0 Å². The van der Waals surface area contributed by atoms with Crippen LogP contribution in [-0.2, 0) is 24.2 Å². The predicted molar refractivity (Wildman–Crippen MR) is 92.3 cm³/mol. The number of urea groups is 1. The van der Waals surface area contributed by atoms with Gasteiger partial charge in [-0.1, -0.05) is 23.7 Å². The minimum absolute atomic E-state index is 0.184. The molecule has 0 aliphatic carbocycles. The number of rotatable bonds is 4. The van der Waals surface area contributed by atoms with Gasteiger partial charge in [-0.3, -0.25) is 5.10 Å². The fourth-order valence-electron chi connectivity index (χ4n) is 2.73. The number of nitrogens with one attached hydrogen (secondary N) is 2. The first-order valence-corrected chi connectivity index (χ1v) is 8.46. The first-order chi connectivity index (χ1) is 12.1. The van der Waals surface area contributed by atoms with Crippen LogP contribution in [0.3, 0.4) is 0 Å². The first kappa shape index (κ1) is 17.3. The van der Waals surface area contributed by atoms with Gasteiger partial charge in [0, 0.05) is 35.8 Å². The van der Waals surface area contributed by atoms with Crippen molar-refractivity contribution >= 4 is 23.6 Å². The largest absolute Gasteiger partial charge is 0.461 e. The van der Waals surface area contributed by atoms with Crippen molar-refractivity contribution in [3.63, 3.8) is 0 Å². The maximum atomic E-state index is 12.4. The summed E-state index contributed by atoms with van der Waals surface area (Å²) < 4.78 is 5.01. The highest BCUT2D eigenvalue weighted by Crippen LogP contribution is 2.21. The van der Waals surface area contributed by atoms with E-state index < -0.39 is 5.97 Å². The normalized spacial score (nSPS) is 13.3. The third-order valence-electron chi connectivity index (χ3n) is 4.05. The number of benzene rings is 1. The van der Waals surface area contributed by atoms with E-state index in [1.54, 1.807) is 24.0 Å². The molecule has 1 aliphatic heterocycles. The van der Waals surface area contributed by atoms with Crippen molar-refractivity contribution in [1.82, 2.24) is 20.4 Å². The molecule has 25 heavy (non-hydrogen) atoms. The number of nitrogens with zero attached hydrogens (tertiary/aromatic N) is 2. The summed E-state index contributed by atoms with van der Waals surface area (Å²) in [6, 6.07) is 7.12. The summed E-state index contributed by atoms with van der Waals surface area (Å²) in [6.07, 6.45) is 0.621. The van der Waals surface area contributed by atoms with Gasteiger partial charge in [0.15, 0.2) is 5.69 Å². The maximum Gasteiger partial charge on any atom is 0.359 e. The van der Waals surface area contributed by atoms with E-state index in [1.807, 2.05) is 12.1 Å². The zero-order valence-corrected chi connectivity index (χ0v) is 14.6. The summed E-state index contributed by atoms with van der Waals surface area (Å²) in [5.74, 6) is -0.469. The van der Waals surface area contributed by atoms with Crippen molar-refractivity contribution in [1.29, 1.82) is 0 Å². The zero-order valence-electron chi connectivity index (χ0n) is 13.8. The topological polar surface area (TPSA) is 87.3 Å². The third-order valence-corrected chi connectivity index (χ3v) is 4.30. The van der Waals surface area contributed by atoms with Gasteiger partial charge in [-0.05, 0) is 24.6 Å². The molecule has 7 nitrogen and oxygen atoms in total. The molecule has 0 spiro atoms. The summed E-state index contributed by atoms with van der Waals surface area (Å²) in [4.78, 5) is 26.0. The van der Waals surface area contributed by atoms with E-state index >= 15 is 0 Å². The van der Waals surface area contributed by atoms with Crippen molar-refractivity contribution in [2.75, 3.05) is 13.2 Å². The molecule has 0 radical (unpaired) electrons. The molecule has 0 saturated heterocycles. The van der Waals surface area contributed by atoms with E-state index in [9.17, 15) is 9.59 Å². The van der Waals surface area contributed by atoms with Crippen molar-refractivity contribution in [2.45, 2.75) is 26.4 Å². The molecule has 2 aromatic rings. The van der Waals surface area contributed by atoms with Crippen LogP contribution in [0, 0.1) is 0 Å². The zero-order chi connectivity index (χ0) is 17.8. The fraction of sp³-hybridized carbons (Fsp3) is 0.353. The van der Waals surface area contributed by atoms with Crippen LogP contribution in [0.4, 0.5) is 4.79 Å². The lowest BCUT2D eigenvalue weighted by Gasteiger charge is -2.27. The summed E-state index contributed by atoms with van der Waals surface area (Å²) in [7, 11) is 0. The third kappa shape index (κ3) is 3.93. The molecule has 0 unspecified atom stereocenters. The Kier molecular flexibility index (Phi) is 5.23. The number of halogens is 1. The van der Waals surface area contributed by atoms with Gasteiger partial charge >= 0.3 is 12.0 Å². The Morgan fingerprint density at radius 3 is 2.84 bits per heavy atom. The van der Waals surface area contributed by atoms with Crippen LogP contribution in [0.2, 0.25) is 5.02 Å². The Morgan fingerprint density at radius 2 is 2.12 bits per heavy atom. The number of hydrogen-bond donors (Lipinski definition) is 2. The Balaban J connectivity index is 1.63. The van der Waals surface area contributed by atoms with E-state index in [4.69, 9.17) is 16.3 Å². The number of aromatic nitrogens is 2. The SMILES string of the molecule is CCOC(=O)c1n[nH]c2c1CN(C(=O)NCc1ccc(Cl)cc1)CC2. The average molecular weight is 363 g/mol. The number of hydrogen-bond acceptors (Lipinski definition) is 4. The predicted octanol–water partition coefficient (Wildman–Crippen LogP) is 2.51. The molecule has 3 rings (SSSR count). The lowest BCUT2D eigenvalue weighted by molar-refractivity contribution is 0.0516. The molecule has 1 aromatic heterocycles. The van der Waals surface area contributed by atoms with Gasteiger partial charge in [-0.2, -0.15) is 5.10 Å². The van der Waals surface area contributed by atoms with E-state index in [1.165, 1.54) is 0 Å². The van der Waals surface area contributed by atoms with Crippen LogP contribution in [-0.4, -0.2) is 40.2 Å². The molecule has 1 aromatic carbocycles. The number of H-pyrrole nitrogens is 1. The molecule has 132 valence electrons. The summed E-state index contributed by atoms with van der Waals surface area (Å²) in [5.41, 5.74) is 2.83. The molecule has 8 heteroatoms. The van der Waals surface area contributed by atoms with E-state index in [-0.39, 0.29) is 18.3 Å². The number of ether oxygens (including phenoxy) is 1. The number of carbonyl (C=O) groups is 2. The monoisotopic (exact) mass is 362 g/mol. The van der Waals surface area contributed by atoms with Crippen LogP contribution in [0.1, 0.15) is 34.2 Å². The highest BCUT2D eigenvalue weighted by molar-refractivity contribution is 6.30. The molecule has 2 heterocycles. The van der Waals surface area contributed by atoms with Crippen LogP contribution in [0.5, 0.6) is 0 Å². The van der Waals surface area contributed by atoms with Gasteiger partial charge in [0.25, 0.3) is 0 Å². The van der Waals surface area contributed by atoms with Gasteiger partial charge < -0.3 is 15.0 Å². The van der Waals surface area contributed by atoms with Gasteiger partial charge in [0.1, 0.15) is 0 Å². The van der Waals surface area contributed by atoms with Gasteiger partial charge in [0.2, 0.25) is 0 Å². The minimum Gasteiger partial charge on any atom is -0.461 e. The van der Waals surface area contributed by atoms with Crippen molar-refractivity contribution in [2.24, 2.45) is 0 Å². The van der Waals surface area contributed by atoms with Crippen LogP contribution in [0.25, 0.3) is 0 Å². The Morgan fingerprint density at radius 1 is 1.36 bits per heavy atom. The molecule has 0 atom stereocenters. The quantitative estimate of drug-likeness (QED) is 0.818. The summed E-state index contributed by atoms with van der Waals surface area (Å²) in [5, 5.41) is 10.4. The van der Waals surface area contributed by atoms with Gasteiger partial charge in [-0.25, -0.2) is 9.59 Å². The Hall–Kier alpha value is -2.54. The van der Waals surface area contributed by atoms with Crippen molar-refractivity contribution < 1.29 is 14.3 Å². The lowest BCUT2D eigenvalue weighted by atomic mass is 10.1. The molecule has 0 bridgehead atoms. The molecule has 0 saturated carbocycles. The number of carbonyl (C=O) groups excluding carboxylic acids is 2. The van der Waals surface area contributed by atoms with E-state index in [0.29, 0.717) is 31.1 Å². The maximum absolute atomic E-state index is 12.4. The van der Waals surface area contributed by atoms with Crippen LogP contribution < -0.4 is 5.32 Å². The number of fused-ring (bicyclic) bond motifs is 1. The molecule has 1 aliphatic rings. The Labute approximate surface area is 150 Å². The fourth-order valence-corrected chi connectivity index (χ4v) is 2.85. The smallest absolute Gasteiger partial charge is 0.359 e. The molecular formula is C17H19ClN4O3. The minimum atomic E-state index is -0.469. The summed E-state index contributed by atoms with van der Waals surface area (Å²) in [6.45, 7) is 3.32. The van der Waals surface area contributed by atoms with Gasteiger partial charge in [0.05, 0.1) is 13.2 Å². The average Bonchev–Trinajstić information content (AvgIpc) is 3.04. The Bertz CT molecular complexity index is 773. The standard InChI is InChI=1S/C17H19ClN4O3/c1-2-25-16(23)15-13-10-22(8-7-14(13)20-21-15)17(24)19-9-11-3-5-12(18)6-4-11/h3-6H,2,7-10H2,1H3,(H,19,24)(H,20,21). The number of amides is 2. The van der Waals surface area contributed by atoms with Crippen LogP contribution in [0.15, 0.2) is 24.3 Å². The second-order valence-corrected chi connectivity index (χ2v) is 6.14. The van der Waals surface area contributed by atoms with Crippen molar-refractivity contribution in [3.8, 4) is 0 Å².